The Balaban J connectivity index is 2.22. The largest absolute Gasteiger partial charge is 0.334 e. The van der Waals surface area contributed by atoms with Crippen LogP contribution in [0.1, 0.15) is 22.8 Å². The molecule has 0 aliphatic carbocycles. The van der Waals surface area contributed by atoms with E-state index in [4.69, 9.17) is 0 Å². The zero-order valence-electron chi connectivity index (χ0n) is 10.9. The molecule has 1 aromatic carbocycles. The smallest absolute Gasteiger partial charge is 0.254 e. The Labute approximate surface area is 121 Å². The average molecular weight is 346 g/mol. The van der Waals surface area contributed by atoms with Crippen LogP contribution < -0.4 is 0 Å². The highest BCUT2D eigenvalue weighted by atomic mass is 79.9. The van der Waals surface area contributed by atoms with Crippen LogP contribution in [0.5, 0.6) is 0 Å². The van der Waals surface area contributed by atoms with E-state index in [0.29, 0.717) is 5.56 Å². The molecule has 1 fully saturated rings. The van der Waals surface area contributed by atoms with Gasteiger partial charge in [0, 0.05) is 22.6 Å². The van der Waals surface area contributed by atoms with E-state index in [-0.39, 0.29) is 30.0 Å². The zero-order chi connectivity index (χ0) is 14.2. The summed E-state index contributed by atoms with van der Waals surface area (Å²) in [6.07, 6.45) is 0. The number of sulfone groups is 1. The van der Waals surface area contributed by atoms with Gasteiger partial charge in [0.15, 0.2) is 9.84 Å². The summed E-state index contributed by atoms with van der Waals surface area (Å²) in [6.45, 7) is 3.97. The maximum Gasteiger partial charge on any atom is 0.254 e. The Morgan fingerprint density at radius 2 is 2.11 bits per heavy atom. The second-order valence-corrected chi connectivity index (χ2v) is 8.01. The van der Waals surface area contributed by atoms with Gasteiger partial charge in [-0.1, -0.05) is 15.9 Å². The monoisotopic (exact) mass is 345 g/mol. The second-order valence-electron chi connectivity index (χ2n) is 4.93. The fraction of sp³-hybridized carbons (Fsp3) is 0.462. The van der Waals surface area contributed by atoms with Gasteiger partial charge in [-0.25, -0.2) is 8.42 Å². The van der Waals surface area contributed by atoms with Crippen molar-refractivity contribution in [1.82, 2.24) is 4.90 Å². The molecule has 4 nitrogen and oxygen atoms in total. The first kappa shape index (κ1) is 14.5. The van der Waals surface area contributed by atoms with Gasteiger partial charge in [-0.2, -0.15) is 0 Å². The van der Waals surface area contributed by atoms with Crippen LogP contribution in [0.2, 0.25) is 0 Å². The maximum absolute atomic E-state index is 12.4. The predicted octanol–water partition coefficient (Wildman–Crippen LogP) is 2.02. The lowest BCUT2D eigenvalue weighted by atomic mass is 10.1. The summed E-state index contributed by atoms with van der Waals surface area (Å²) in [7, 11) is -3.00. The van der Waals surface area contributed by atoms with Gasteiger partial charge in [0.1, 0.15) is 0 Å². The quantitative estimate of drug-likeness (QED) is 0.782. The molecule has 1 heterocycles. The van der Waals surface area contributed by atoms with Gasteiger partial charge in [-0.3, -0.25) is 4.79 Å². The number of carbonyl (C=O) groups excluding carboxylic acids is 1. The van der Waals surface area contributed by atoms with Gasteiger partial charge in [-0.15, -0.1) is 0 Å². The van der Waals surface area contributed by atoms with Gasteiger partial charge in [0.05, 0.1) is 11.5 Å². The molecule has 104 valence electrons. The van der Waals surface area contributed by atoms with Crippen LogP contribution in [0.15, 0.2) is 22.7 Å². The van der Waals surface area contributed by atoms with Crippen LogP contribution >= 0.6 is 15.9 Å². The molecular weight excluding hydrogens is 330 g/mol. The molecule has 1 saturated heterocycles. The van der Waals surface area contributed by atoms with Crippen LogP contribution in [0, 0.1) is 6.92 Å². The lowest BCUT2D eigenvalue weighted by Crippen LogP contribution is -2.49. The van der Waals surface area contributed by atoms with Crippen molar-refractivity contribution < 1.29 is 13.2 Å². The standard InChI is InChI=1S/C13H16BrNO3S/c1-9-7-11(3-4-12(9)14)13(16)15-5-6-19(17,18)8-10(15)2/h3-4,7,10H,5-6,8H2,1-2H3. The van der Waals surface area contributed by atoms with Crippen LogP contribution in [0.4, 0.5) is 0 Å². The predicted molar refractivity (Wildman–Crippen MR) is 78.0 cm³/mol. The topological polar surface area (TPSA) is 54.5 Å². The van der Waals surface area contributed by atoms with Gasteiger partial charge in [0.25, 0.3) is 5.91 Å². The highest BCUT2D eigenvalue weighted by molar-refractivity contribution is 9.10. The Morgan fingerprint density at radius 1 is 1.42 bits per heavy atom. The molecule has 0 spiro atoms. The number of benzene rings is 1. The van der Waals surface area contributed by atoms with E-state index in [0.717, 1.165) is 10.0 Å². The molecule has 0 saturated carbocycles. The third-order valence-electron chi connectivity index (χ3n) is 3.34. The van der Waals surface area contributed by atoms with Gasteiger partial charge in [0.2, 0.25) is 0 Å². The Morgan fingerprint density at radius 3 is 2.68 bits per heavy atom. The summed E-state index contributed by atoms with van der Waals surface area (Å²) < 4.78 is 24.0. The molecular formula is C13H16BrNO3S. The van der Waals surface area contributed by atoms with E-state index in [9.17, 15) is 13.2 Å². The highest BCUT2D eigenvalue weighted by Crippen LogP contribution is 2.20. The van der Waals surface area contributed by atoms with Crippen molar-refractivity contribution in [3.63, 3.8) is 0 Å². The van der Waals surface area contributed by atoms with Crippen molar-refractivity contribution in [3.05, 3.63) is 33.8 Å². The summed E-state index contributed by atoms with van der Waals surface area (Å²) in [5.41, 5.74) is 1.59. The molecule has 2 rings (SSSR count). The summed E-state index contributed by atoms with van der Waals surface area (Å²) in [6, 6.07) is 5.15. The molecule has 0 aromatic heterocycles. The van der Waals surface area contributed by atoms with Crippen molar-refractivity contribution in [1.29, 1.82) is 0 Å². The van der Waals surface area contributed by atoms with Crippen molar-refractivity contribution in [2.24, 2.45) is 0 Å². The van der Waals surface area contributed by atoms with E-state index in [1.807, 2.05) is 19.1 Å². The first-order valence-electron chi connectivity index (χ1n) is 6.08. The number of amides is 1. The SMILES string of the molecule is Cc1cc(C(=O)N2CCS(=O)(=O)CC2C)ccc1Br. The number of rotatable bonds is 1. The van der Waals surface area contributed by atoms with Crippen molar-refractivity contribution in [3.8, 4) is 0 Å². The van der Waals surface area contributed by atoms with Crippen LogP contribution in [-0.4, -0.2) is 43.3 Å². The number of nitrogens with zero attached hydrogens (tertiary/aromatic N) is 1. The molecule has 1 amide bonds. The summed E-state index contributed by atoms with van der Waals surface area (Å²) in [5, 5.41) is 0. The Bertz CT molecular complexity index is 612. The fourth-order valence-electron chi connectivity index (χ4n) is 2.24. The normalized spacial score (nSPS) is 22.3. The van der Waals surface area contributed by atoms with E-state index in [1.165, 1.54) is 0 Å². The van der Waals surface area contributed by atoms with Gasteiger partial charge >= 0.3 is 0 Å². The van der Waals surface area contributed by atoms with Crippen molar-refractivity contribution >= 4 is 31.7 Å². The summed E-state index contributed by atoms with van der Waals surface area (Å²) in [4.78, 5) is 14.0. The molecule has 6 heteroatoms. The zero-order valence-corrected chi connectivity index (χ0v) is 13.3. The van der Waals surface area contributed by atoms with E-state index < -0.39 is 9.84 Å². The minimum absolute atomic E-state index is 0.0499. The Kier molecular flexibility index (Phi) is 4.01. The highest BCUT2D eigenvalue weighted by Gasteiger charge is 2.31. The number of halogens is 1. The first-order chi connectivity index (χ1) is 8.80. The Hall–Kier alpha value is -0.880. The number of aryl methyl sites for hydroxylation is 1. The van der Waals surface area contributed by atoms with Crippen LogP contribution in [0.3, 0.4) is 0 Å². The molecule has 0 bridgehead atoms. The van der Waals surface area contributed by atoms with E-state index >= 15 is 0 Å². The maximum atomic E-state index is 12.4. The van der Waals surface area contributed by atoms with E-state index in [2.05, 4.69) is 15.9 Å². The molecule has 1 aliphatic rings. The molecule has 1 atom stereocenters. The van der Waals surface area contributed by atoms with Crippen molar-refractivity contribution in [2.75, 3.05) is 18.1 Å². The molecule has 19 heavy (non-hydrogen) atoms. The molecule has 1 unspecified atom stereocenters. The summed E-state index contributed by atoms with van der Waals surface area (Å²) in [5.74, 6) is 0.00493. The minimum Gasteiger partial charge on any atom is -0.334 e. The second kappa shape index (κ2) is 5.25. The van der Waals surface area contributed by atoms with Crippen LogP contribution in [0.25, 0.3) is 0 Å². The molecule has 1 aliphatic heterocycles. The van der Waals surface area contributed by atoms with Gasteiger partial charge in [-0.05, 0) is 37.6 Å². The third-order valence-corrected chi connectivity index (χ3v) is 6.02. The third kappa shape index (κ3) is 3.17. The summed E-state index contributed by atoms with van der Waals surface area (Å²) >= 11 is 3.40. The number of hydrogen-bond acceptors (Lipinski definition) is 3. The number of carbonyl (C=O) groups is 1. The fourth-order valence-corrected chi connectivity index (χ4v) is 4.05. The van der Waals surface area contributed by atoms with Crippen LogP contribution in [-0.2, 0) is 9.84 Å². The lowest BCUT2D eigenvalue weighted by Gasteiger charge is -2.33. The minimum atomic E-state index is -3.00. The first-order valence-corrected chi connectivity index (χ1v) is 8.69. The van der Waals surface area contributed by atoms with Gasteiger partial charge < -0.3 is 4.90 Å². The molecule has 0 N–H and O–H groups in total. The van der Waals surface area contributed by atoms with Crippen molar-refractivity contribution in [2.45, 2.75) is 19.9 Å². The molecule has 0 radical (unpaired) electrons. The number of hydrogen-bond donors (Lipinski definition) is 0. The lowest BCUT2D eigenvalue weighted by molar-refractivity contribution is 0.0712. The molecule has 1 aromatic rings. The average Bonchev–Trinajstić information content (AvgIpc) is 2.31. The van der Waals surface area contributed by atoms with E-state index in [1.54, 1.807) is 17.9 Å².